The summed E-state index contributed by atoms with van der Waals surface area (Å²) >= 11 is 0. The molecule has 278 valence electrons. The van der Waals surface area contributed by atoms with Gasteiger partial charge in [0.2, 0.25) is 0 Å². The molecule has 0 bridgehead atoms. The number of methoxy groups -OCH3 is 1. The fraction of sp³-hybridized carbons (Fsp3) is 0.0385. The maximum atomic E-state index is 5.17. The molecule has 0 unspecified atom stereocenters. The van der Waals surface area contributed by atoms with E-state index in [0.717, 1.165) is 39.2 Å². The Bertz CT molecular complexity index is 3190. The van der Waals surface area contributed by atoms with E-state index in [1.54, 1.807) is 7.11 Å². The van der Waals surface area contributed by atoms with Crippen LogP contribution in [0.25, 0.3) is 77.0 Å². The predicted molar refractivity (Wildman–Crippen MR) is 245 cm³/mol. The maximum absolute atomic E-state index is 5.17. The number of para-hydroxylation sites is 3. The van der Waals surface area contributed by atoms with Crippen molar-refractivity contribution >= 4 is 73.2 Å². The van der Waals surface area contributed by atoms with Gasteiger partial charge in [0.25, 0.3) is 0 Å². The largest absolute Gasteiger partial charge is 0.497 e. The highest BCUT2D eigenvalue weighted by atomic mass is 31.1. The summed E-state index contributed by atoms with van der Waals surface area (Å²) in [6.45, 7) is 0. The minimum atomic E-state index is -0.994. The number of fused-ring (bicyclic) bond motifs is 7. The number of nitrogens with zero attached hydrogens (tertiary/aromatic N) is 4. The summed E-state index contributed by atoms with van der Waals surface area (Å²) in [5, 5.41) is 9.77. The van der Waals surface area contributed by atoms with Gasteiger partial charge >= 0.3 is 0 Å². The Morgan fingerprint density at radius 3 is 1.86 bits per heavy atom. The molecule has 0 saturated carbocycles. The van der Waals surface area contributed by atoms with Crippen LogP contribution in [0.4, 0.5) is 0 Å². The molecule has 3 heterocycles. The molecule has 11 rings (SSSR count). The lowest BCUT2D eigenvalue weighted by molar-refractivity contribution is 0.415. The molecule has 5 nitrogen and oxygen atoms in total. The fourth-order valence-electron chi connectivity index (χ4n) is 8.22. The SMILES string of the molecule is COc1ccccc1.Cn1c2ccccc2c2c3c(-c4ccc5ccccc5c4)c(-c4ncc5ccccc5n4)ccc3n(P(c3ccccc3)c3ccccc3)c21. The summed E-state index contributed by atoms with van der Waals surface area (Å²) in [5.74, 6) is 1.63. The van der Waals surface area contributed by atoms with E-state index in [-0.39, 0.29) is 0 Å². The molecular formula is C52H39N4OP. The van der Waals surface area contributed by atoms with Crippen LogP contribution in [0.2, 0.25) is 0 Å². The molecule has 0 N–H and O–H groups in total. The van der Waals surface area contributed by atoms with Gasteiger partial charge in [0.15, 0.2) is 5.82 Å². The summed E-state index contributed by atoms with van der Waals surface area (Å²) < 4.78 is 9.93. The molecule has 3 aromatic heterocycles. The third-order valence-electron chi connectivity index (χ3n) is 10.9. The van der Waals surface area contributed by atoms with Crippen LogP contribution < -0.4 is 15.3 Å². The Morgan fingerprint density at radius 2 is 1.16 bits per heavy atom. The number of rotatable bonds is 6. The minimum Gasteiger partial charge on any atom is -0.497 e. The average molecular weight is 767 g/mol. The molecule has 0 aliphatic carbocycles. The van der Waals surface area contributed by atoms with Crippen LogP contribution in [0.15, 0.2) is 200 Å². The molecule has 0 saturated heterocycles. The standard InChI is InChI=1S/C45H31N4P.C7H8O/c1-48-39-23-13-11-21-36(39)42-43-40(49(45(42)48)50(34-17-4-2-5-18-34)35-19-6-3-7-20-35)27-26-37(44-46-29-33-16-10-12-22-38(33)47-44)41(43)32-25-24-30-14-8-9-15-31(30)28-32;1-8-7-5-3-2-4-6-7/h2-29H,1H3;2-6H,1H3. The molecule has 6 heteroatoms. The molecule has 0 aliphatic heterocycles. The Labute approximate surface area is 338 Å². The first-order chi connectivity index (χ1) is 28.7. The summed E-state index contributed by atoms with van der Waals surface area (Å²) in [4.78, 5) is 10.2. The summed E-state index contributed by atoms with van der Waals surface area (Å²) in [7, 11) is 2.88. The lowest BCUT2D eigenvalue weighted by atomic mass is 9.92. The third kappa shape index (κ3) is 6.17. The van der Waals surface area contributed by atoms with E-state index in [1.165, 1.54) is 54.2 Å². The van der Waals surface area contributed by atoms with Crippen LogP contribution >= 0.6 is 8.07 Å². The highest BCUT2D eigenvalue weighted by Crippen LogP contribution is 2.51. The van der Waals surface area contributed by atoms with Gasteiger partial charge in [0.1, 0.15) is 11.4 Å². The lowest BCUT2D eigenvalue weighted by Gasteiger charge is -2.23. The molecule has 0 amide bonds. The van der Waals surface area contributed by atoms with Gasteiger partial charge in [-0.25, -0.2) is 9.97 Å². The highest BCUT2D eigenvalue weighted by Gasteiger charge is 2.29. The van der Waals surface area contributed by atoms with Gasteiger partial charge in [-0.2, -0.15) is 0 Å². The zero-order chi connectivity index (χ0) is 39.0. The van der Waals surface area contributed by atoms with Crippen molar-refractivity contribution in [3.63, 3.8) is 0 Å². The molecule has 0 radical (unpaired) electrons. The fourth-order valence-corrected chi connectivity index (χ4v) is 10.7. The average Bonchev–Trinajstić information content (AvgIpc) is 3.79. The summed E-state index contributed by atoms with van der Waals surface area (Å²) in [6, 6.07) is 68.7. The zero-order valence-corrected chi connectivity index (χ0v) is 33.1. The van der Waals surface area contributed by atoms with E-state index in [9.17, 15) is 0 Å². The molecule has 0 aliphatic rings. The number of hydrogen-bond donors (Lipinski definition) is 0. The molecular weight excluding hydrogens is 728 g/mol. The third-order valence-corrected chi connectivity index (χ3v) is 13.3. The van der Waals surface area contributed by atoms with Crippen LogP contribution in [0.3, 0.4) is 0 Å². The second-order valence-corrected chi connectivity index (χ2v) is 16.3. The van der Waals surface area contributed by atoms with Crippen molar-refractivity contribution in [1.29, 1.82) is 0 Å². The van der Waals surface area contributed by atoms with Crippen molar-refractivity contribution in [3.05, 3.63) is 200 Å². The second-order valence-electron chi connectivity index (χ2n) is 14.3. The predicted octanol–water partition coefficient (Wildman–Crippen LogP) is 12.3. The highest BCUT2D eigenvalue weighted by molar-refractivity contribution is 7.72. The van der Waals surface area contributed by atoms with Gasteiger partial charge in [-0.05, 0) is 58.8 Å². The first kappa shape index (κ1) is 35.4. The minimum absolute atomic E-state index is 0.725. The van der Waals surface area contributed by atoms with Crippen molar-refractivity contribution in [3.8, 4) is 28.3 Å². The smallest absolute Gasteiger partial charge is 0.160 e. The lowest BCUT2D eigenvalue weighted by Crippen LogP contribution is -2.17. The first-order valence-electron chi connectivity index (χ1n) is 19.4. The van der Waals surface area contributed by atoms with E-state index in [4.69, 9.17) is 14.7 Å². The summed E-state index contributed by atoms with van der Waals surface area (Å²) in [5.41, 5.74) is 7.87. The van der Waals surface area contributed by atoms with Crippen LogP contribution in [0.5, 0.6) is 5.75 Å². The van der Waals surface area contributed by atoms with E-state index in [2.05, 4.69) is 168 Å². The van der Waals surface area contributed by atoms with Gasteiger partial charge in [0, 0.05) is 56.5 Å². The molecule has 0 spiro atoms. The molecule has 11 aromatic rings. The van der Waals surface area contributed by atoms with Gasteiger partial charge in [0.05, 0.1) is 31.7 Å². The number of aromatic nitrogens is 4. The molecule has 0 atom stereocenters. The Morgan fingerprint density at radius 1 is 0.534 bits per heavy atom. The van der Waals surface area contributed by atoms with Crippen molar-refractivity contribution in [1.82, 2.24) is 18.9 Å². The molecule has 0 fully saturated rings. The van der Waals surface area contributed by atoms with Crippen LogP contribution in [0, 0.1) is 0 Å². The van der Waals surface area contributed by atoms with Crippen molar-refractivity contribution in [2.75, 3.05) is 7.11 Å². The number of ether oxygens (including phenoxy) is 1. The number of hydrogen-bond acceptors (Lipinski definition) is 3. The van der Waals surface area contributed by atoms with Gasteiger partial charge in [-0.3, -0.25) is 4.34 Å². The molecule has 58 heavy (non-hydrogen) atoms. The number of aryl methyl sites for hydroxylation is 1. The Hall–Kier alpha value is -7.07. The van der Waals surface area contributed by atoms with Gasteiger partial charge in [-0.1, -0.05) is 152 Å². The van der Waals surface area contributed by atoms with Crippen LogP contribution in [-0.2, 0) is 7.05 Å². The quantitative estimate of drug-likeness (QED) is 0.158. The van der Waals surface area contributed by atoms with Crippen LogP contribution in [0.1, 0.15) is 0 Å². The first-order valence-corrected chi connectivity index (χ1v) is 20.7. The van der Waals surface area contributed by atoms with E-state index < -0.39 is 8.07 Å². The van der Waals surface area contributed by atoms with Crippen LogP contribution in [-0.4, -0.2) is 26.0 Å². The van der Waals surface area contributed by atoms with Crippen molar-refractivity contribution in [2.45, 2.75) is 0 Å². The Balaban J connectivity index is 0.000000459. The second kappa shape index (κ2) is 15.1. The van der Waals surface area contributed by atoms with E-state index >= 15 is 0 Å². The van der Waals surface area contributed by atoms with E-state index in [1.807, 2.05) is 48.7 Å². The van der Waals surface area contributed by atoms with Crippen molar-refractivity contribution in [2.24, 2.45) is 7.05 Å². The normalized spacial score (nSPS) is 11.4. The Kier molecular flexibility index (Phi) is 9.21. The topological polar surface area (TPSA) is 44.9 Å². The zero-order valence-electron chi connectivity index (χ0n) is 32.2. The van der Waals surface area contributed by atoms with Crippen molar-refractivity contribution < 1.29 is 4.74 Å². The molecule has 8 aromatic carbocycles. The number of benzene rings is 8. The maximum Gasteiger partial charge on any atom is 0.160 e. The summed E-state index contributed by atoms with van der Waals surface area (Å²) in [6.07, 6.45) is 1.95. The van der Waals surface area contributed by atoms with Gasteiger partial charge < -0.3 is 9.30 Å². The monoisotopic (exact) mass is 766 g/mol. The van der Waals surface area contributed by atoms with Gasteiger partial charge in [-0.15, -0.1) is 0 Å². The van der Waals surface area contributed by atoms with E-state index in [0.29, 0.717) is 0 Å².